The van der Waals surface area contributed by atoms with Gasteiger partial charge in [0.2, 0.25) is 5.95 Å². The topological polar surface area (TPSA) is 102 Å². The number of nitrogens with zero attached hydrogens (tertiary/aromatic N) is 2. The summed E-state index contributed by atoms with van der Waals surface area (Å²) in [5, 5.41) is 6.66. The van der Waals surface area contributed by atoms with Gasteiger partial charge in [-0.15, -0.1) is 0 Å². The lowest BCUT2D eigenvalue weighted by Crippen LogP contribution is -2.04. The SMILES string of the molecule is Cc1cc(CCCN)cc(C)c1Nc1ccnc(Nc2ccc(CN)cc2)n1. The highest BCUT2D eigenvalue weighted by molar-refractivity contribution is 5.66. The second-order valence-corrected chi connectivity index (χ2v) is 6.91. The number of nitrogens with one attached hydrogen (secondary N) is 2. The van der Waals surface area contributed by atoms with E-state index in [2.05, 4.69) is 46.6 Å². The minimum absolute atomic E-state index is 0.528. The van der Waals surface area contributed by atoms with E-state index in [-0.39, 0.29) is 0 Å². The Morgan fingerprint density at radius 2 is 1.61 bits per heavy atom. The summed E-state index contributed by atoms with van der Waals surface area (Å²) in [6.07, 6.45) is 3.74. The molecule has 0 unspecified atom stereocenters. The van der Waals surface area contributed by atoms with E-state index in [0.29, 0.717) is 19.0 Å². The van der Waals surface area contributed by atoms with Crippen molar-refractivity contribution in [3.05, 3.63) is 70.9 Å². The molecule has 1 heterocycles. The van der Waals surface area contributed by atoms with Gasteiger partial charge in [-0.25, -0.2) is 4.98 Å². The predicted octanol–water partition coefficient (Wildman–Crippen LogP) is 3.93. The highest BCUT2D eigenvalue weighted by Gasteiger charge is 2.08. The molecule has 1 aromatic heterocycles. The van der Waals surface area contributed by atoms with E-state index in [1.807, 2.05) is 30.3 Å². The van der Waals surface area contributed by atoms with Gasteiger partial charge in [0, 0.05) is 24.1 Å². The lowest BCUT2D eigenvalue weighted by Gasteiger charge is -2.15. The van der Waals surface area contributed by atoms with Crippen LogP contribution in [0.4, 0.5) is 23.1 Å². The van der Waals surface area contributed by atoms with Crippen LogP contribution in [-0.2, 0) is 13.0 Å². The van der Waals surface area contributed by atoms with E-state index in [4.69, 9.17) is 11.5 Å². The fraction of sp³-hybridized carbons (Fsp3) is 0.273. The Morgan fingerprint density at radius 1 is 0.893 bits per heavy atom. The van der Waals surface area contributed by atoms with Crippen molar-refractivity contribution in [2.24, 2.45) is 11.5 Å². The summed E-state index contributed by atoms with van der Waals surface area (Å²) in [4.78, 5) is 8.90. The van der Waals surface area contributed by atoms with Crippen molar-refractivity contribution in [1.82, 2.24) is 9.97 Å². The summed E-state index contributed by atoms with van der Waals surface area (Å²) in [5.41, 5.74) is 18.1. The molecule has 2 aromatic carbocycles. The summed E-state index contributed by atoms with van der Waals surface area (Å²) in [5.74, 6) is 1.29. The molecule has 146 valence electrons. The molecule has 0 fully saturated rings. The van der Waals surface area contributed by atoms with Gasteiger partial charge in [0.25, 0.3) is 0 Å². The third kappa shape index (κ3) is 5.06. The number of hydrogen-bond donors (Lipinski definition) is 4. The monoisotopic (exact) mass is 376 g/mol. The van der Waals surface area contributed by atoms with E-state index in [1.165, 1.54) is 16.7 Å². The molecule has 0 radical (unpaired) electrons. The van der Waals surface area contributed by atoms with Gasteiger partial charge in [-0.1, -0.05) is 24.3 Å². The Bertz CT molecular complexity index is 898. The highest BCUT2D eigenvalue weighted by atomic mass is 15.1. The van der Waals surface area contributed by atoms with Gasteiger partial charge >= 0.3 is 0 Å². The molecule has 6 heteroatoms. The quantitative estimate of drug-likeness (QED) is 0.475. The van der Waals surface area contributed by atoms with Crippen LogP contribution in [0.15, 0.2) is 48.7 Å². The Kier molecular flexibility index (Phi) is 6.57. The molecule has 0 saturated carbocycles. The minimum atomic E-state index is 0.528. The van der Waals surface area contributed by atoms with Crippen molar-refractivity contribution < 1.29 is 0 Å². The van der Waals surface area contributed by atoms with Crippen molar-refractivity contribution >= 4 is 23.1 Å². The molecule has 3 aromatic rings. The third-order valence-corrected chi connectivity index (χ3v) is 4.62. The molecule has 0 aliphatic carbocycles. The van der Waals surface area contributed by atoms with E-state index in [1.54, 1.807) is 6.20 Å². The minimum Gasteiger partial charge on any atom is -0.340 e. The van der Waals surface area contributed by atoms with Gasteiger partial charge in [0.1, 0.15) is 5.82 Å². The maximum atomic E-state index is 5.64. The molecule has 0 aliphatic heterocycles. The summed E-state index contributed by atoms with van der Waals surface area (Å²) < 4.78 is 0. The second-order valence-electron chi connectivity index (χ2n) is 6.91. The van der Waals surface area contributed by atoms with Crippen LogP contribution in [0, 0.1) is 13.8 Å². The number of hydrogen-bond acceptors (Lipinski definition) is 6. The molecule has 0 spiro atoms. The number of aromatic nitrogens is 2. The van der Waals surface area contributed by atoms with Gasteiger partial charge in [0.05, 0.1) is 0 Å². The smallest absolute Gasteiger partial charge is 0.229 e. The van der Waals surface area contributed by atoms with E-state index in [9.17, 15) is 0 Å². The molecule has 3 rings (SSSR count). The normalized spacial score (nSPS) is 10.7. The van der Waals surface area contributed by atoms with Gasteiger partial charge < -0.3 is 22.1 Å². The first-order valence-electron chi connectivity index (χ1n) is 9.55. The van der Waals surface area contributed by atoms with Crippen LogP contribution in [-0.4, -0.2) is 16.5 Å². The van der Waals surface area contributed by atoms with Crippen LogP contribution in [0.2, 0.25) is 0 Å². The van der Waals surface area contributed by atoms with Crippen molar-refractivity contribution in [2.75, 3.05) is 17.2 Å². The zero-order valence-electron chi connectivity index (χ0n) is 16.5. The Hall–Kier alpha value is -2.96. The molecule has 0 amide bonds. The first-order valence-corrected chi connectivity index (χ1v) is 9.55. The number of anilines is 4. The zero-order valence-corrected chi connectivity index (χ0v) is 16.5. The fourth-order valence-corrected chi connectivity index (χ4v) is 3.17. The first kappa shape index (κ1) is 19.8. The maximum Gasteiger partial charge on any atom is 0.229 e. The highest BCUT2D eigenvalue weighted by Crippen LogP contribution is 2.26. The lowest BCUT2D eigenvalue weighted by molar-refractivity contribution is 0.831. The largest absolute Gasteiger partial charge is 0.340 e. The van der Waals surface area contributed by atoms with Crippen LogP contribution >= 0.6 is 0 Å². The molecular weight excluding hydrogens is 348 g/mol. The fourth-order valence-electron chi connectivity index (χ4n) is 3.17. The van der Waals surface area contributed by atoms with Crippen molar-refractivity contribution in [3.8, 4) is 0 Å². The first-order chi connectivity index (χ1) is 13.6. The second kappa shape index (κ2) is 9.30. The summed E-state index contributed by atoms with van der Waals surface area (Å²) in [7, 11) is 0. The maximum absolute atomic E-state index is 5.64. The Morgan fingerprint density at radius 3 is 2.25 bits per heavy atom. The lowest BCUT2D eigenvalue weighted by atomic mass is 10.0. The molecular formula is C22H28N6. The van der Waals surface area contributed by atoms with Crippen molar-refractivity contribution in [2.45, 2.75) is 33.2 Å². The van der Waals surface area contributed by atoms with Gasteiger partial charge in [-0.2, -0.15) is 4.98 Å². The number of aryl methyl sites for hydroxylation is 3. The van der Waals surface area contributed by atoms with Gasteiger partial charge in [-0.05, 0) is 73.7 Å². The molecule has 6 nitrogen and oxygen atoms in total. The molecule has 6 N–H and O–H groups in total. The van der Waals surface area contributed by atoms with Crippen LogP contribution in [0.5, 0.6) is 0 Å². The molecule has 0 bridgehead atoms. The number of rotatable bonds is 8. The van der Waals surface area contributed by atoms with Crippen LogP contribution in [0.25, 0.3) is 0 Å². The standard InChI is InChI=1S/C22H28N6/c1-15-12-18(4-3-10-23)13-16(2)21(15)27-20-9-11-25-22(28-20)26-19-7-5-17(14-24)6-8-19/h5-9,11-13H,3-4,10,14,23-24H2,1-2H3,(H2,25,26,27,28). The van der Waals surface area contributed by atoms with Crippen LogP contribution in [0.1, 0.15) is 28.7 Å². The Labute approximate surface area is 166 Å². The molecule has 0 saturated heterocycles. The van der Waals surface area contributed by atoms with Crippen molar-refractivity contribution in [1.29, 1.82) is 0 Å². The summed E-state index contributed by atoms with van der Waals surface area (Å²) in [6.45, 7) is 5.46. The van der Waals surface area contributed by atoms with Gasteiger partial charge in [0.15, 0.2) is 0 Å². The zero-order chi connectivity index (χ0) is 19.9. The van der Waals surface area contributed by atoms with E-state index < -0.39 is 0 Å². The molecule has 0 aliphatic rings. The number of nitrogens with two attached hydrogens (primary N) is 2. The van der Waals surface area contributed by atoms with Crippen LogP contribution in [0.3, 0.4) is 0 Å². The third-order valence-electron chi connectivity index (χ3n) is 4.62. The van der Waals surface area contributed by atoms with Crippen LogP contribution < -0.4 is 22.1 Å². The average molecular weight is 377 g/mol. The molecule has 0 atom stereocenters. The average Bonchev–Trinajstić information content (AvgIpc) is 2.70. The van der Waals surface area contributed by atoms with Crippen molar-refractivity contribution in [3.63, 3.8) is 0 Å². The van der Waals surface area contributed by atoms with Gasteiger partial charge in [-0.3, -0.25) is 0 Å². The summed E-state index contributed by atoms with van der Waals surface area (Å²) >= 11 is 0. The predicted molar refractivity (Wildman–Crippen MR) is 116 cm³/mol. The molecule has 28 heavy (non-hydrogen) atoms. The number of benzene rings is 2. The Balaban J connectivity index is 1.75. The van der Waals surface area contributed by atoms with E-state index in [0.717, 1.165) is 35.6 Å². The van der Waals surface area contributed by atoms with E-state index >= 15 is 0 Å². The summed E-state index contributed by atoms with van der Waals surface area (Å²) in [6, 6.07) is 14.2.